The molecule has 1 amide bonds. The minimum Gasteiger partial charge on any atom is -0.462 e. The maximum atomic E-state index is 11.9. The van der Waals surface area contributed by atoms with Crippen LogP contribution in [0, 0.1) is 12.3 Å². The van der Waals surface area contributed by atoms with E-state index in [1.807, 2.05) is 20.8 Å². The van der Waals surface area contributed by atoms with Crippen LogP contribution in [0.2, 0.25) is 0 Å². The molecule has 1 rings (SSSR count). The lowest BCUT2D eigenvalue weighted by atomic mass is 9.92. The molecule has 0 aliphatic carbocycles. The smallest absolute Gasteiger partial charge is 0.342 e. The molecule has 106 valence electrons. The summed E-state index contributed by atoms with van der Waals surface area (Å²) < 4.78 is 4.98. The maximum absolute atomic E-state index is 11.9. The Morgan fingerprint density at radius 2 is 2.00 bits per heavy atom. The van der Waals surface area contributed by atoms with Gasteiger partial charge in [-0.1, -0.05) is 20.8 Å². The van der Waals surface area contributed by atoms with Gasteiger partial charge in [-0.3, -0.25) is 4.79 Å². The van der Waals surface area contributed by atoms with Gasteiger partial charge in [0.1, 0.15) is 5.56 Å². The molecule has 0 unspecified atom stereocenters. The molecule has 19 heavy (non-hydrogen) atoms. The van der Waals surface area contributed by atoms with Crippen LogP contribution < -0.4 is 5.32 Å². The highest BCUT2D eigenvalue weighted by Gasteiger charge is 2.21. The Morgan fingerprint density at radius 3 is 2.53 bits per heavy atom. The highest BCUT2D eigenvalue weighted by Crippen LogP contribution is 2.23. The van der Waals surface area contributed by atoms with E-state index >= 15 is 0 Å². The molecule has 0 saturated carbocycles. The van der Waals surface area contributed by atoms with Crippen molar-refractivity contribution in [2.45, 2.75) is 41.0 Å². The van der Waals surface area contributed by atoms with Crippen molar-refractivity contribution in [3.05, 3.63) is 17.5 Å². The van der Waals surface area contributed by atoms with E-state index in [9.17, 15) is 9.59 Å². The normalized spacial score (nSPS) is 11.2. The van der Waals surface area contributed by atoms with E-state index in [2.05, 4.69) is 10.3 Å². The zero-order chi connectivity index (χ0) is 14.6. The summed E-state index contributed by atoms with van der Waals surface area (Å²) in [5.41, 5.74) is 1.46. The molecule has 0 aliphatic heterocycles. The number of amides is 1. The second-order valence-electron chi connectivity index (χ2n) is 5.71. The van der Waals surface area contributed by atoms with Gasteiger partial charge in [0.2, 0.25) is 5.91 Å². The van der Waals surface area contributed by atoms with E-state index < -0.39 is 5.97 Å². The largest absolute Gasteiger partial charge is 0.462 e. The number of hydrogen-bond donors (Lipinski definition) is 2. The fourth-order valence-electron chi connectivity index (χ4n) is 1.77. The van der Waals surface area contributed by atoms with Crippen molar-refractivity contribution in [3.63, 3.8) is 0 Å². The summed E-state index contributed by atoms with van der Waals surface area (Å²) in [5, 5.41) is 2.76. The van der Waals surface area contributed by atoms with Crippen LogP contribution in [0.1, 0.15) is 50.2 Å². The van der Waals surface area contributed by atoms with Crippen LogP contribution in [0.3, 0.4) is 0 Å². The number of anilines is 1. The zero-order valence-corrected chi connectivity index (χ0v) is 12.2. The number of nitrogens with one attached hydrogen (secondary N) is 2. The van der Waals surface area contributed by atoms with Crippen LogP contribution in [-0.4, -0.2) is 23.5 Å². The van der Waals surface area contributed by atoms with E-state index in [0.29, 0.717) is 30.0 Å². The molecule has 0 saturated heterocycles. The van der Waals surface area contributed by atoms with Gasteiger partial charge >= 0.3 is 5.97 Å². The van der Waals surface area contributed by atoms with E-state index in [4.69, 9.17) is 4.74 Å². The number of hydrogen-bond acceptors (Lipinski definition) is 3. The van der Waals surface area contributed by atoms with Gasteiger partial charge in [0.25, 0.3) is 0 Å². The van der Waals surface area contributed by atoms with Crippen molar-refractivity contribution in [1.29, 1.82) is 0 Å². The van der Waals surface area contributed by atoms with Gasteiger partial charge in [-0.25, -0.2) is 4.79 Å². The predicted molar refractivity (Wildman–Crippen MR) is 74.2 cm³/mol. The number of rotatable bonds is 4. The summed E-state index contributed by atoms with van der Waals surface area (Å²) >= 11 is 0. The van der Waals surface area contributed by atoms with E-state index in [-0.39, 0.29) is 11.3 Å². The molecule has 1 aromatic heterocycles. The Balaban J connectivity index is 2.85. The van der Waals surface area contributed by atoms with Crippen LogP contribution in [0.15, 0.2) is 6.20 Å². The lowest BCUT2D eigenvalue weighted by Gasteiger charge is -2.17. The Hall–Kier alpha value is -1.78. The first-order valence-electron chi connectivity index (χ1n) is 6.39. The van der Waals surface area contributed by atoms with Crippen LogP contribution >= 0.6 is 0 Å². The fraction of sp³-hybridized carbons (Fsp3) is 0.571. The molecule has 5 heteroatoms. The second kappa shape index (κ2) is 5.91. The highest BCUT2D eigenvalue weighted by atomic mass is 16.5. The monoisotopic (exact) mass is 266 g/mol. The third kappa shape index (κ3) is 4.43. The van der Waals surface area contributed by atoms with Crippen molar-refractivity contribution in [2.75, 3.05) is 11.9 Å². The lowest BCUT2D eigenvalue weighted by molar-refractivity contribution is -0.117. The molecule has 5 nitrogen and oxygen atoms in total. The Labute approximate surface area is 113 Å². The quantitative estimate of drug-likeness (QED) is 0.823. The number of esters is 1. The van der Waals surface area contributed by atoms with Gasteiger partial charge in [0, 0.05) is 18.3 Å². The number of H-pyrrole nitrogens is 1. The number of aromatic amines is 1. The van der Waals surface area contributed by atoms with E-state index in [1.54, 1.807) is 20.0 Å². The average Bonchev–Trinajstić information content (AvgIpc) is 2.57. The standard InChI is InChI=1S/C14H22N2O3/c1-6-19-13(18)12-9(2)15-8-10(12)16-11(17)7-14(3,4)5/h8,15H,6-7H2,1-5H3,(H,16,17). The fourth-order valence-corrected chi connectivity index (χ4v) is 1.77. The molecule has 2 N–H and O–H groups in total. The molecular formula is C14H22N2O3. The topological polar surface area (TPSA) is 71.2 Å². The number of carbonyl (C=O) groups is 2. The first-order chi connectivity index (χ1) is 8.74. The molecule has 0 aliphatic rings. The molecule has 1 aromatic rings. The molecule has 0 atom stereocenters. The van der Waals surface area contributed by atoms with Gasteiger partial charge in [0.05, 0.1) is 12.3 Å². The van der Waals surface area contributed by atoms with Crippen LogP contribution in [0.5, 0.6) is 0 Å². The van der Waals surface area contributed by atoms with Gasteiger partial charge in [-0.15, -0.1) is 0 Å². The van der Waals surface area contributed by atoms with Crippen LogP contribution in [-0.2, 0) is 9.53 Å². The number of aromatic nitrogens is 1. The minimum absolute atomic E-state index is 0.0977. The predicted octanol–water partition coefficient (Wildman–Crippen LogP) is 2.87. The summed E-state index contributed by atoms with van der Waals surface area (Å²) in [4.78, 5) is 26.6. The van der Waals surface area contributed by atoms with Gasteiger partial charge in [-0.2, -0.15) is 0 Å². The summed E-state index contributed by atoms with van der Waals surface area (Å²) in [6.45, 7) is 9.78. The Morgan fingerprint density at radius 1 is 1.37 bits per heavy atom. The van der Waals surface area contributed by atoms with Gasteiger partial charge in [0.15, 0.2) is 0 Å². The van der Waals surface area contributed by atoms with Crippen molar-refractivity contribution in [2.24, 2.45) is 5.41 Å². The van der Waals surface area contributed by atoms with Gasteiger partial charge < -0.3 is 15.0 Å². The molecular weight excluding hydrogens is 244 g/mol. The molecule has 0 radical (unpaired) electrons. The molecule has 0 spiro atoms. The number of ether oxygens (including phenoxy) is 1. The first kappa shape index (κ1) is 15.3. The Bertz CT molecular complexity index is 470. The number of aryl methyl sites for hydroxylation is 1. The molecule has 0 bridgehead atoms. The van der Waals surface area contributed by atoms with Crippen molar-refractivity contribution in [3.8, 4) is 0 Å². The van der Waals surface area contributed by atoms with E-state index in [0.717, 1.165) is 0 Å². The lowest BCUT2D eigenvalue weighted by Crippen LogP contribution is -2.20. The second-order valence-corrected chi connectivity index (χ2v) is 5.71. The third-order valence-electron chi connectivity index (χ3n) is 2.52. The zero-order valence-electron chi connectivity index (χ0n) is 12.2. The van der Waals surface area contributed by atoms with Crippen molar-refractivity contribution >= 4 is 17.6 Å². The summed E-state index contributed by atoms with van der Waals surface area (Å²) in [6, 6.07) is 0. The van der Waals surface area contributed by atoms with Crippen molar-refractivity contribution in [1.82, 2.24) is 4.98 Å². The van der Waals surface area contributed by atoms with E-state index in [1.165, 1.54) is 0 Å². The number of carbonyl (C=O) groups excluding carboxylic acids is 2. The maximum Gasteiger partial charge on any atom is 0.342 e. The highest BCUT2D eigenvalue weighted by molar-refractivity contribution is 6.02. The van der Waals surface area contributed by atoms with Crippen molar-refractivity contribution < 1.29 is 14.3 Å². The summed E-state index contributed by atoms with van der Waals surface area (Å²) in [7, 11) is 0. The first-order valence-corrected chi connectivity index (χ1v) is 6.39. The SMILES string of the molecule is CCOC(=O)c1c(NC(=O)CC(C)(C)C)c[nH]c1C. The minimum atomic E-state index is -0.424. The third-order valence-corrected chi connectivity index (χ3v) is 2.52. The summed E-state index contributed by atoms with van der Waals surface area (Å²) in [6.07, 6.45) is 2.00. The Kier molecular flexibility index (Phi) is 4.75. The average molecular weight is 266 g/mol. The molecule has 0 aromatic carbocycles. The van der Waals surface area contributed by atoms with Gasteiger partial charge in [-0.05, 0) is 19.3 Å². The molecule has 0 fully saturated rings. The molecule has 1 heterocycles. The summed E-state index contributed by atoms with van der Waals surface area (Å²) in [5.74, 6) is -0.538. The van der Waals surface area contributed by atoms with Crippen LogP contribution in [0.4, 0.5) is 5.69 Å². The van der Waals surface area contributed by atoms with Crippen LogP contribution in [0.25, 0.3) is 0 Å².